The largest absolute Gasteiger partial charge is 0.456 e. The first-order valence-corrected chi connectivity index (χ1v) is 6.81. The lowest BCUT2D eigenvalue weighted by Gasteiger charge is -2.15. The van der Waals surface area contributed by atoms with Crippen LogP contribution < -0.4 is 4.74 Å². The van der Waals surface area contributed by atoms with Crippen LogP contribution in [0, 0.1) is 5.82 Å². The Morgan fingerprint density at radius 3 is 2.63 bits per heavy atom. The lowest BCUT2D eigenvalue weighted by molar-refractivity contribution is 0.170. The van der Waals surface area contributed by atoms with Gasteiger partial charge in [0.1, 0.15) is 17.3 Å². The molecule has 0 saturated carbocycles. The number of para-hydroxylation sites is 1. The molecular formula is C15H14BrFO2. The summed E-state index contributed by atoms with van der Waals surface area (Å²) in [4.78, 5) is 0. The molecule has 0 aliphatic carbocycles. The van der Waals surface area contributed by atoms with Crippen LogP contribution in [0.3, 0.4) is 0 Å². The van der Waals surface area contributed by atoms with Crippen molar-refractivity contribution in [2.75, 3.05) is 0 Å². The fourth-order valence-electron chi connectivity index (χ4n) is 1.75. The van der Waals surface area contributed by atoms with Gasteiger partial charge in [-0.25, -0.2) is 4.39 Å². The molecule has 2 aromatic rings. The number of rotatable bonds is 4. The van der Waals surface area contributed by atoms with Gasteiger partial charge in [-0.3, -0.25) is 0 Å². The Morgan fingerprint density at radius 1 is 1.21 bits per heavy atom. The van der Waals surface area contributed by atoms with E-state index < -0.39 is 6.10 Å². The zero-order valence-electron chi connectivity index (χ0n) is 10.4. The summed E-state index contributed by atoms with van der Waals surface area (Å²) >= 11 is 3.26. The van der Waals surface area contributed by atoms with E-state index in [1.54, 1.807) is 12.1 Å². The molecule has 1 atom stereocenters. The summed E-state index contributed by atoms with van der Waals surface area (Å²) in [6.45, 7) is 1.90. The lowest BCUT2D eigenvalue weighted by atomic mass is 10.1. The molecule has 0 radical (unpaired) electrons. The summed E-state index contributed by atoms with van der Waals surface area (Å²) in [5.74, 6) is 0.752. The predicted molar refractivity (Wildman–Crippen MR) is 75.9 cm³/mol. The van der Waals surface area contributed by atoms with Crippen molar-refractivity contribution in [2.45, 2.75) is 19.4 Å². The monoisotopic (exact) mass is 324 g/mol. The molecule has 0 aliphatic heterocycles. The second kappa shape index (κ2) is 6.17. The summed E-state index contributed by atoms with van der Waals surface area (Å²) in [6.07, 6.45) is 0.0285. The van der Waals surface area contributed by atoms with Crippen LogP contribution in [0.5, 0.6) is 11.5 Å². The third kappa shape index (κ3) is 3.33. The van der Waals surface area contributed by atoms with Gasteiger partial charge >= 0.3 is 0 Å². The van der Waals surface area contributed by atoms with Crippen LogP contribution in [0.15, 0.2) is 46.9 Å². The van der Waals surface area contributed by atoms with Crippen molar-refractivity contribution in [3.05, 3.63) is 58.3 Å². The van der Waals surface area contributed by atoms with Gasteiger partial charge in [0.05, 0.1) is 10.6 Å². The van der Waals surface area contributed by atoms with Gasteiger partial charge in [0.2, 0.25) is 0 Å². The predicted octanol–water partition coefficient (Wildman–Crippen LogP) is 4.82. The highest BCUT2D eigenvalue weighted by molar-refractivity contribution is 9.10. The van der Waals surface area contributed by atoms with Gasteiger partial charge in [-0.2, -0.15) is 0 Å². The number of aliphatic hydroxyl groups is 1. The van der Waals surface area contributed by atoms with Crippen molar-refractivity contribution in [2.24, 2.45) is 0 Å². The molecule has 0 saturated heterocycles. The summed E-state index contributed by atoms with van der Waals surface area (Å²) < 4.78 is 19.3. The fraction of sp³-hybridized carbons (Fsp3) is 0.200. The van der Waals surface area contributed by atoms with Gasteiger partial charge < -0.3 is 9.84 Å². The minimum atomic E-state index is -0.574. The maximum absolute atomic E-state index is 13.0. The minimum Gasteiger partial charge on any atom is -0.456 e. The third-order valence-electron chi connectivity index (χ3n) is 2.78. The number of aliphatic hydroxyl groups excluding tert-OH is 1. The Morgan fingerprint density at radius 2 is 1.95 bits per heavy atom. The number of halogens is 2. The van der Waals surface area contributed by atoms with E-state index >= 15 is 0 Å². The minimum absolute atomic E-state index is 0.332. The van der Waals surface area contributed by atoms with Crippen LogP contribution in [-0.2, 0) is 0 Å². The fourth-order valence-corrected chi connectivity index (χ4v) is 2.18. The zero-order valence-corrected chi connectivity index (χ0v) is 12.0. The highest BCUT2D eigenvalue weighted by Crippen LogP contribution is 2.34. The van der Waals surface area contributed by atoms with Crippen LogP contribution in [-0.4, -0.2) is 5.11 Å². The first kappa shape index (κ1) is 14.0. The highest BCUT2D eigenvalue weighted by Gasteiger charge is 2.13. The van der Waals surface area contributed by atoms with E-state index in [1.165, 1.54) is 12.1 Å². The molecule has 100 valence electrons. The lowest BCUT2D eigenvalue weighted by Crippen LogP contribution is -1.98. The molecule has 0 amide bonds. The molecule has 4 heteroatoms. The van der Waals surface area contributed by atoms with Crippen LogP contribution in [0.1, 0.15) is 25.0 Å². The molecular weight excluding hydrogens is 311 g/mol. The van der Waals surface area contributed by atoms with E-state index in [2.05, 4.69) is 15.9 Å². The number of benzene rings is 2. The second-order valence-electron chi connectivity index (χ2n) is 4.14. The first-order chi connectivity index (χ1) is 9.11. The second-order valence-corrected chi connectivity index (χ2v) is 4.99. The molecule has 0 unspecified atom stereocenters. The van der Waals surface area contributed by atoms with Crippen molar-refractivity contribution in [3.63, 3.8) is 0 Å². The molecule has 0 aliphatic rings. The topological polar surface area (TPSA) is 29.5 Å². The third-order valence-corrected chi connectivity index (χ3v) is 3.40. The molecule has 19 heavy (non-hydrogen) atoms. The summed E-state index contributed by atoms with van der Waals surface area (Å²) in [5, 5.41) is 9.95. The standard InChI is InChI=1S/C15H14BrFO2/c1-2-13(18)11-5-3-4-6-14(11)19-15-8-7-10(17)9-12(15)16/h3-9,13,18H,2H2,1H3/t13-/m1/s1. The van der Waals surface area contributed by atoms with Crippen molar-refractivity contribution in [3.8, 4) is 11.5 Å². The van der Waals surface area contributed by atoms with Crippen LogP contribution >= 0.6 is 15.9 Å². The quantitative estimate of drug-likeness (QED) is 0.873. The molecule has 0 fully saturated rings. The molecule has 0 bridgehead atoms. The maximum atomic E-state index is 13.0. The van der Waals surface area contributed by atoms with E-state index in [-0.39, 0.29) is 5.82 Å². The molecule has 0 heterocycles. The first-order valence-electron chi connectivity index (χ1n) is 6.01. The van der Waals surface area contributed by atoms with Crippen LogP contribution in [0.2, 0.25) is 0 Å². The number of ether oxygens (including phenoxy) is 1. The van der Waals surface area contributed by atoms with E-state index in [4.69, 9.17) is 4.74 Å². The summed E-state index contributed by atoms with van der Waals surface area (Å²) in [6, 6.07) is 11.5. The maximum Gasteiger partial charge on any atom is 0.141 e. The Balaban J connectivity index is 2.33. The van der Waals surface area contributed by atoms with Crippen molar-refractivity contribution in [1.29, 1.82) is 0 Å². The molecule has 2 aromatic carbocycles. The normalized spacial score (nSPS) is 12.2. The van der Waals surface area contributed by atoms with E-state index in [9.17, 15) is 9.50 Å². The Hall–Kier alpha value is -1.39. The molecule has 0 spiro atoms. The van der Waals surface area contributed by atoms with Gasteiger partial charge in [0, 0.05) is 5.56 Å². The Kier molecular flexibility index (Phi) is 4.56. The zero-order chi connectivity index (χ0) is 13.8. The molecule has 1 N–H and O–H groups in total. The smallest absolute Gasteiger partial charge is 0.141 e. The van der Waals surface area contributed by atoms with Crippen LogP contribution in [0.25, 0.3) is 0 Å². The van der Waals surface area contributed by atoms with Gasteiger partial charge in [0.15, 0.2) is 0 Å². The van der Waals surface area contributed by atoms with Crippen molar-refractivity contribution < 1.29 is 14.2 Å². The van der Waals surface area contributed by atoms with Crippen molar-refractivity contribution in [1.82, 2.24) is 0 Å². The molecule has 0 aromatic heterocycles. The van der Waals surface area contributed by atoms with E-state index in [0.717, 1.165) is 5.56 Å². The summed E-state index contributed by atoms with van der Waals surface area (Å²) in [7, 11) is 0. The van der Waals surface area contributed by atoms with E-state index in [1.807, 2.05) is 25.1 Å². The number of hydrogen-bond donors (Lipinski definition) is 1. The molecule has 2 rings (SSSR count). The Bertz CT molecular complexity index is 572. The van der Waals surface area contributed by atoms with E-state index in [0.29, 0.717) is 22.4 Å². The van der Waals surface area contributed by atoms with Gasteiger partial charge in [0.25, 0.3) is 0 Å². The molecule has 2 nitrogen and oxygen atoms in total. The number of hydrogen-bond acceptors (Lipinski definition) is 2. The van der Waals surface area contributed by atoms with Gasteiger partial charge in [-0.1, -0.05) is 25.1 Å². The van der Waals surface area contributed by atoms with Crippen molar-refractivity contribution >= 4 is 15.9 Å². The Labute approximate surface area is 120 Å². The average Bonchev–Trinajstić information content (AvgIpc) is 2.41. The SMILES string of the molecule is CC[C@@H](O)c1ccccc1Oc1ccc(F)cc1Br. The summed E-state index contributed by atoms with van der Waals surface area (Å²) in [5.41, 5.74) is 0.723. The van der Waals surface area contributed by atoms with Gasteiger partial charge in [-0.15, -0.1) is 0 Å². The average molecular weight is 325 g/mol. The van der Waals surface area contributed by atoms with Gasteiger partial charge in [-0.05, 0) is 46.6 Å². The highest BCUT2D eigenvalue weighted by atomic mass is 79.9. The van der Waals surface area contributed by atoms with Crippen LogP contribution in [0.4, 0.5) is 4.39 Å².